The summed E-state index contributed by atoms with van der Waals surface area (Å²) in [6.07, 6.45) is 0. The standard InChI is InChI=1S/C76H48/c1-2-14-49(15-3-1)59-22-10-23-60(46-59)74-48-73(58-40-34-55(35-41-58)66-29-13-21-52-18-6-9-26-63(52)66)69-43-42-67-71(56-36-30-53(31-37-56)64-27-11-19-50-16-4-7-24-61(50)64)47-72(68-44-45-70(74)76(69)75(67)68)57-38-32-54(33-39-57)65-28-12-20-51-17-5-8-25-62(51)65/h1-48H. The molecule has 15 aromatic carbocycles. The number of rotatable bonds is 8. The van der Waals surface area contributed by atoms with E-state index in [1.165, 1.54) is 154 Å². The molecule has 0 spiro atoms. The third kappa shape index (κ3) is 7.30. The van der Waals surface area contributed by atoms with Crippen LogP contribution in [0.5, 0.6) is 0 Å². The monoisotopic (exact) mass is 960 g/mol. The van der Waals surface area contributed by atoms with Crippen LogP contribution >= 0.6 is 0 Å². The van der Waals surface area contributed by atoms with E-state index in [0.717, 1.165) is 0 Å². The second kappa shape index (κ2) is 18.0. The molecule has 0 aliphatic carbocycles. The molecule has 0 aromatic heterocycles. The van der Waals surface area contributed by atoms with Crippen molar-refractivity contribution in [3.63, 3.8) is 0 Å². The Kier molecular flexibility index (Phi) is 10.3. The van der Waals surface area contributed by atoms with Gasteiger partial charge >= 0.3 is 0 Å². The quantitative estimate of drug-likeness (QED) is 0.133. The van der Waals surface area contributed by atoms with E-state index in [4.69, 9.17) is 0 Å². The molecular formula is C76H48. The van der Waals surface area contributed by atoms with E-state index in [1.54, 1.807) is 0 Å². The van der Waals surface area contributed by atoms with Crippen LogP contribution in [0.4, 0.5) is 0 Å². The zero-order chi connectivity index (χ0) is 50.1. The zero-order valence-electron chi connectivity index (χ0n) is 41.7. The molecule has 0 nitrogen and oxygen atoms in total. The summed E-state index contributed by atoms with van der Waals surface area (Å²) in [4.78, 5) is 0. The second-order valence-corrected chi connectivity index (χ2v) is 20.3. The minimum absolute atomic E-state index is 1.19. The third-order valence-electron chi connectivity index (χ3n) is 16.1. The van der Waals surface area contributed by atoms with Crippen molar-refractivity contribution < 1.29 is 0 Å². The Balaban J connectivity index is 0.975. The average Bonchev–Trinajstić information content (AvgIpc) is 3.53. The van der Waals surface area contributed by atoms with E-state index >= 15 is 0 Å². The molecule has 0 unspecified atom stereocenters. The van der Waals surface area contributed by atoms with Crippen LogP contribution < -0.4 is 0 Å². The van der Waals surface area contributed by atoms with Crippen LogP contribution in [0.25, 0.3) is 154 Å². The lowest BCUT2D eigenvalue weighted by Gasteiger charge is -2.22. The summed E-state index contributed by atoms with van der Waals surface area (Å²) < 4.78 is 0. The van der Waals surface area contributed by atoms with Gasteiger partial charge in [0.15, 0.2) is 0 Å². The normalized spacial score (nSPS) is 11.7. The third-order valence-corrected chi connectivity index (χ3v) is 16.1. The van der Waals surface area contributed by atoms with Crippen molar-refractivity contribution in [2.24, 2.45) is 0 Å². The molecule has 0 fully saturated rings. The molecule has 15 aromatic rings. The average molecular weight is 961 g/mol. The summed E-state index contributed by atoms with van der Waals surface area (Å²) in [5, 5.41) is 15.1. The maximum Gasteiger partial charge on any atom is -0.00139 e. The van der Waals surface area contributed by atoms with Gasteiger partial charge in [0.25, 0.3) is 0 Å². The number of benzene rings is 15. The topological polar surface area (TPSA) is 0 Å². The fourth-order valence-electron chi connectivity index (χ4n) is 12.4. The Bertz CT molecular complexity index is 4540. The molecule has 0 saturated carbocycles. The molecule has 76 heavy (non-hydrogen) atoms. The van der Waals surface area contributed by atoms with Gasteiger partial charge in [-0.2, -0.15) is 0 Å². The fraction of sp³-hybridized carbons (Fsp3) is 0. The van der Waals surface area contributed by atoms with E-state index in [-0.39, 0.29) is 0 Å². The molecular weight excluding hydrogens is 913 g/mol. The molecule has 0 bridgehead atoms. The van der Waals surface area contributed by atoms with Crippen molar-refractivity contribution in [2.45, 2.75) is 0 Å². The Morgan fingerprint density at radius 2 is 0.408 bits per heavy atom. The Morgan fingerprint density at radius 1 is 0.132 bits per heavy atom. The molecule has 0 aliphatic heterocycles. The lowest BCUT2D eigenvalue weighted by Crippen LogP contribution is -1.95. The highest BCUT2D eigenvalue weighted by atomic mass is 14.3. The summed E-state index contributed by atoms with van der Waals surface area (Å²) >= 11 is 0. The highest BCUT2D eigenvalue weighted by Crippen LogP contribution is 2.49. The van der Waals surface area contributed by atoms with Crippen LogP contribution in [0.1, 0.15) is 0 Å². The van der Waals surface area contributed by atoms with E-state index in [9.17, 15) is 0 Å². The second-order valence-electron chi connectivity index (χ2n) is 20.3. The Morgan fingerprint density at radius 3 is 0.789 bits per heavy atom. The summed E-state index contributed by atoms with van der Waals surface area (Å²) in [5.74, 6) is 0. The van der Waals surface area contributed by atoms with Gasteiger partial charge in [-0.1, -0.05) is 273 Å². The predicted octanol–water partition coefficient (Wildman–Crippen LogP) is 21.4. The van der Waals surface area contributed by atoms with Crippen LogP contribution in [-0.4, -0.2) is 0 Å². The molecule has 0 amide bonds. The van der Waals surface area contributed by atoms with Crippen LogP contribution in [0, 0.1) is 0 Å². The van der Waals surface area contributed by atoms with Crippen LogP contribution in [0.2, 0.25) is 0 Å². The summed E-state index contributed by atoms with van der Waals surface area (Å²) in [6.45, 7) is 0. The van der Waals surface area contributed by atoms with Gasteiger partial charge in [0.1, 0.15) is 0 Å². The molecule has 0 heteroatoms. The Labute approximate surface area is 442 Å². The van der Waals surface area contributed by atoms with Crippen LogP contribution in [0.3, 0.4) is 0 Å². The van der Waals surface area contributed by atoms with Gasteiger partial charge < -0.3 is 0 Å². The largest absolute Gasteiger partial charge is 0.0622 e. The fourth-order valence-corrected chi connectivity index (χ4v) is 12.4. The molecule has 0 aliphatic rings. The van der Waals surface area contributed by atoms with Gasteiger partial charge in [-0.05, 0) is 172 Å². The number of hydrogen-bond acceptors (Lipinski definition) is 0. The van der Waals surface area contributed by atoms with Gasteiger partial charge in [-0.25, -0.2) is 0 Å². The van der Waals surface area contributed by atoms with Crippen molar-refractivity contribution >= 4 is 64.6 Å². The summed E-state index contributed by atoms with van der Waals surface area (Å²) in [6, 6.07) is 108. The van der Waals surface area contributed by atoms with E-state index < -0.39 is 0 Å². The molecule has 0 radical (unpaired) electrons. The van der Waals surface area contributed by atoms with Gasteiger partial charge in [0.2, 0.25) is 0 Å². The molecule has 0 heterocycles. The first-order chi connectivity index (χ1) is 37.7. The van der Waals surface area contributed by atoms with Crippen molar-refractivity contribution in [1.29, 1.82) is 0 Å². The highest BCUT2D eigenvalue weighted by molar-refractivity contribution is 6.32. The molecule has 0 saturated heterocycles. The maximum absolute atomic E-state index is 2.46. The van der Waals surface area contributed by atoms with Gasteiger partial charge in [0, 0.05) is 0 Å². The minimum Gasteiger partial charge on any atom is -0.0622 e. The van der Waals surface area contributed by atoms with E-state index in [2.05, 4.69) is 291 Å². The Hall–Kier alpha value is -9.88. The number of hydrogen-bond donors (Lipinski definition) is 0. The molecule has 0 atom stereocenters. The smallest absolute Gasteiger partial charge is 0.00139 e. The van der Waals surface area contributed by atoms with Gasteiger partial charge in [-0.3, -0.25) is 0 Å². The molecule has 15 rings (SSSR count). The van der Waals surface area contributed by atoms with Crippen molar-refractivity contribution in [1.82, 2.24) is 0 Å². The SMILES string of the molecule is c1ccc(-c2cccc(-c3cc(-c4ccc(-c5cccc6ccccc56)cc4)c4ccc5c(-c6ccc(-c7cccc8ccccc78)cc6)cc(-c6ccc(-c7cccc8ccccc78)cc6)c6ccc3c4c56)c2)cc1. The van der Waals surface area contributed by atoms with E-state index in [1.807, 2.05) is 0 Å². The van der Waals surface area contributed by atoms with Gasteiger partial charge in [0.05, 0.1) is 0 Å². The zero-order valence-corrected chi connectivity index (χ0v) is 41.7. The van der Waals surface area contributed by atoms with Crippen molar-refractivity contribution in [2.75, 3.05) is 0 Å². The van der Waals surface area contributed by atoms with E-state index in [0.29, 0.717) is 0 Å². The first kappa shape index (κ1) is 43.7. The number of fused-ring (bicyclic) bond motifs is 3. The lowest BCUT2D eigenvalue weighted by atomic mass is 9.81. The van der Waals surface area contributed by atoms with Crippen molar-refractivity contribution in [3.8, 4) is 89.0 Å². The lowest BCUT2D eigenvalue weighted by molar-refractivity contribution is 1.59. The van der Waals surface area contributed by atoms with Gasteiger partial charge in [-0.15, -0.1) is 0 Å². The van der Waals surface area contributed by atoms with Crippen molar-refractivity contribution in [3.05, 3.63) is 291 Å². The predicted molar refractivity (Wildman–Crippen MR) is 326 cm³/mol. The van der Waals surface area contributed by atoms with Crippen LogP contribution in [-0.2, 0) is 0 Å². The summed E-state index contributed by atoms with van der Waals surface area (Å²) in [5.41, 5.74) is 19.4. The first-order valence-corrected chi connectivity index (χ1v) is 26.4. The first-order valence-electron chi connectivity index (χ1n) is 26.4. The highest BCUT2D eigenvalue weighted by Gasteiger charge is 2.22. The molecule has 352 valence electrons. The van der Waals surface area contributed by atoms with Crippen LogP contribution in [0.15, 0.2) is 291 Å². The summed E-state index contributed by atoms with van der Waals surface area (Å²) in [7, 11) is 0. The minimum atomic E-state index is 1.19. The maximum atomic E-state index is 2.46. The molecule has 0 N–H and O–H groups in total.